The molecule has 0 aliphatic rings. The van der Waals surface area contributed by atoms with E-state index >= 15 is 0 Å². The lowest BCUT2D eigenvalue weighted by atomic mass is 9.93. The number of fused-ring (bicyclic) bond motifs is 1. The first-order chi connectivity index (χ1) is 14.5. The maximum absolute atomic E-state index is 13.3. The molecule has 1 N–H and O–H groups in total. The van der Waals surface area contributed by atoms with Crippen LogP contribution < -0.4 is 10.9 Å². The summed E-state index contributed by atoms with van der Waals surface area (Å²) in [6.07, 6.45) is 3.61. The van der Waals surface area contributed by atoms with Crippen molar-refractivity contribution in [3.8, 4) is 0 Å². The van der Waals surface area contributed by atoms with Gasteiger partial charge >= 0.3 is 0 Å². The van der Waals surface area contributed by atoms with Gasteiger partial charge in [-0.05, 0) is 54.4 Å². The standard InChI is InChI=1S/C23H20FN3O3/c1-27-14-26-20-13-16(6-9-19(20)23(27)29)22(28)25-11-10-18(21-3-2-12-30-21)15-4-7-17(24)8-5-15/h2-9,12-14,18H,10-11H2,1H3,(H,25,28)/t18-/m1/s1. The molecule has 4 aromatic rings. The zero-order valence-corrected chi connectivity index (χ0v) is 16.3. The molecule has 4 rings (SSSR count). The molecule has 7 heteroatoms. The highest BCUT2D eigenvalue weighted by Crippen LogP contribution is 2.28. The number of halogens is 1. The Labute approximate surface area is 172 Å². The minimum atomic E-state index is -0.301. The predicted molar refractivity (Wildman–Crippen MR) is 111 cm³/mol. The van der Waals surface area contributed by atoms with Gasteiger partial charge in [-0.25, -0.2) is 9.37 Å². The van der Waals surface area contributed by atoms with Crippen molar-refractivity contribution < 1.29 is 13.6 Å². The van der Waals surface area contributed by atoms with E-state index in [9.17, 15) is 14.0 Å². The van der Waals surface area contributed by atoms with Crippen LogP contribution >= 0.6 is 0 Å². The molecule has 0 spiro atoms. The Balaban J connectivity index is 1.47. The van der Waals surface area contributed by atoms with Gasteiger partial charge in [-0.2, -0.15) is 0 Å². The third-order valence-corrected chi connectivity index (χ3v) is 5.06. The van der Waals surface area contributed by atoms with E-state index in [2.05, 4.69) is 10.3 Å². The molecule has 0 aliphatic carbocycles. The fraction of sp³-hybridized carbons (Fsp3) is 0.174. The maximum atomic E-state index is 13.3. The molecular weight excluding hydrogens is 385 g/mol. The second kappa shape index (κ2) is 8.32. The number of aryl methyl sites for hydroxylation is 1. The average Bonchev–Trinajstić information content (AvgIpc) is 3.29. The summed E-state index contributed by atoms with van der Waals surface area (Å²) in [7, 11) is 1.63. The van der Waals surface area contributed by atoms with E-state index in [-0.39, 0.29) is 23.2 Å². The van der Waals surface area contributed by atoms with E-state index in [1.165, 1.54) is 23.0 Å². The van der Waals surface area contributed by atoms with Crippen molar-refractivity contribution in [3.63, 3.8) is 0 Å². The summed E-state index contributed by atoms with van der Waals surface area (Å²) >= 11 is 0. The second-order valence-electron chi connectivity index (χ2n) is 7.06. The molecule has 1 atom stereocenters. The van der Waals surface area contributed by atoms with Crippen LogP contribution in [0.15, 0.2) is 76.4 Å². The van der Waals surface area contributed by atoms with Gasteiger partial charge in [-0.3, -0.25) is 9.59 Å². The van der Waals surface area contributed by atoms with Crippen molar-refractivity contribution in [2.45, 2.75) is 12.3 Å². The van der Waals surface area contributed by atoms with Crippen molar-refractivity contribution in [1.29, 1.82) is 0 Å². The van der Waals surface area contributed by atoms with Crippen LogP contribution in [-0.2, 0) is 7.05 Å². The Bertz CT molecular complexity index is 1230. The van der Waals surface area contributed by atoms with E-state index in [0.29, 0.717) is 29.4 Å². The lowest BCUT2D eigenvalue weighted by molar-refractivity contribution is 0.0952. The van der Waals surface area contributed by atoms with E-state index < -0.39 is 0 Å². The summed E-state index contributed by atoms with van der Waals surface area (Å²) in [6.45, 7) is 0.392. The smallest absolute Gasteiger partial charge is 0.260 e. The van der Waals surface area contributed by atoms with E-state index in [0.717, 1.165) is 11.3 Å². The molecule has 0 saturated heterocycles. The van der Waals surface area contributed by atoms with E-state index in [1.54, 1.807) is 49.7 Å². The number of amides is 1. The normalized spacial score (nSPS) is 12.1. The van der Waals surface area contributed by atoms with Crippen LogP contribution in [0.4, 0.5) is 4.39 Å². The molecule has 0 saturated carbocycles. The number of hydrogen-bond donors (Lipinski definition) is 1. The van der Waals surface area contributed by atoms with Crippen LogP contribution in [0, 0.1) is 5.82 Å². The third kappa shape index (κ3) is 4.00. The summed E-state index contributed by atoms with van der Waals surface area (Å²) in [5.41, 5.74) is 1.66. The molecule has 152 valence electrons. The molecule has 2 aromatic heterocycles. The maximum Gasteiger partial charge on any atom is 0.260 e. The first-order valence-corrected chi connectivity index (χ1v) is 9.55. The molecule has 0 radical (unpaired) electrons. The van der Waals surface area contributed by atoms with Crippen molar-refractivity contribution >= 4 is 16.8 Å². The lowest BCUT2D eigenvalue weighted by Crippen LogP contribution is -2.26. The van der Waals surface area contributed by atoms with Gasteiger partial charge in [0, 0.05) is 25.1 Å². The number of furan rings is 1. The highest BCUT2D eigenvalue weighted by molar-refractivity contribution is 5.97. The number of carbonyl (C=O) groups excluding carboxylic acids is 1. The molecule has 0 fully saturated rings. The molecule has 2 aromatic carbocycles. The van der Waals surface area contributed by atoms with Gasteiger partial charge in [0.05, 0.1) is 23.5 Å². The predicted octanol–water partition coefficient (Wildman–Crippen LogP) is 3.62. The first-order valence-electron chi connectivity index (χ1n) is 9.55. The Hall–Kier alpha value is -3.74. The molecule has 0 bridgehead atoms. The number of nitrogens with zero attached hydrogens (tertiary/aromatic N) is 2. The molecule has 0 unspecified atom stereocenters. The zero-order valence-electron chi connectivity index (χ0n) is 16.3. The number of carbonyl (C=O) groups is 1. The Morgan fingerprint density at radius 1 is 1.20 bits per heavy atom. The number of rotatable bonds is 6. The number of benzene rings is 2. The number of aromatic nitrogens is 2. The van der Waals surface area contributed by atoms with Gasteiger partial charge < -0.3 is 14.3 Å². The SMILES string of the molecule is Cn1cnc2cc(C(=O)NCC[C@H](c3ccc(F)cc3)c3ccco3)ccc2c1=O. The summed E-state index contributed by atoms with van der Waals surface area (Å²) < 4.78 is 20.2. The zero-order chi connectivity index (χ0) is 21.1. The van der Waals surface area contributed by atoms with Gasteiger partial charge in [0.1, 0.15) is 11.6 Å². The quantitative estimate of drug-likeness (QED) is 0.532. The van der Waals surface area contributed by atoms with Gasteiger partial charge in [0.15, 0.2) is 0 Å². The van der Waals surface area contributed by atoms with Crippen molar-refractivity contribution in [2.75, 3.05) is 6.54 Å². The average molecular weight is 405 g/mol. The minimum absolute atomic E-state index is 0.109. The largest absolute Gasteiger partial charge is 0.469 e. The minimum Gasteiger partial charge on any atom is -0.469 e. The van der Waals surface area contributed by atoms with Crippen LogP contribution in [0.5, 0.6) is 0 Å². The van der Waals surface area contributed by atoms with Gasteiger partial charge in [-0.15, -0.1) is 0 Å². The van der Waals surface area contributed by atoms with Crippen LogP contribution in [0.2, 0.25) is 0 Å². The van der Waals surface area contributed by atoms with Gasteiger partial charge in [0.25, 0.3) is 11.5 Å². The molecule has 1 amide bonds. The van der Waals surface area contributed by atoms with Crippen molar-refractivity contribution in [1.82, 2.24) is 14.9 Å². The van der Waals surface area contributed by atoms with Crippen molar-refractivity contribution in [3.05, 3.63) is 100 Å². The summed E-state index contributed by atoms with van der Waals surface area (Å²) in [5.74, 6) is 0.0884. The Morgan fingerprint density at radius 2 is 2.00 bits per heavy atom. The monoisotopic (exact) mass is 405 g/mol. The number of hydrogen-bond acceptors (Lipinski definition) is 4. The van der Waals surface area contributed by atoms with Gasteiger partial charge in [-0.1, -0.05) is 12.1 Å². The van der Waals surface area contributed by atoms with E-state index in [4.69, 9.17) is 4.42 Å². The topological polar surface area (TPSA) is 77.1 Å². The Kier molecular flexibility index (Phi) is 5.43. The van der Waals surface area contributed by atoms with Crippen LogP contribution in [0.25, 0.3) is 10.9 Å². The van der Waals surface area contributed by atoms with Crippen molar-refractivity contribution in [2.24, 2.45) is 7.05 Å². The molecule has 2 heterocycles. The second-order valence-corrected chi connectivity index (χ2v) is 7.06. The van der Waals surface area contributed by atoms with Crippen LogP contribution in [0.1, 0.15) is 34.0 Å². The summed E-state index contributed by atoms with van der Waals surface area (Å²) in [5, 5.41) is 3.36. The highest BCUT2D eigenvalue weighted by atomic mass is 19.1. The lowest BCUT2D eigenvalue weighted by Gasteiger charge is -2.16. The highest BCUT2D eigenvalue weighted by Gasteiger charge is 2.18. The third-order valence-electron chi connectivity index (χ3n) is 5.06. The van der Waals surface area contributed by atoms with Crippen LogP contribution in [-0.4, -0.2) is 22.0 Å². The molecule has 6 nitrogen and oxygen atoms in total. The molecule has 0 aliphatic heterocycles. The number of nitrogens with one attached hydrogen (secondary N) is 1. The first kappa shape index (κ1) is 19.6. The van der Waals surface area contributed by atoms with Crippen LogP contribution in [0.3, 0.4) is 0 Å². The summed E-state index contributed by atoms with van der Waals surface area (Å²) in [4.78, 5) is 28.9. The fourth-order valence-electron chi connectivity index (χ4n) is 3.44. The molecular formula is C23H20FN3O3. The van der Waals surface area contributed by atoms with Gasteiger partial charge in [0.2, 0.25) is 0 Å². The summed E-state index contributed by atoms with van der Waals surface area (Å²) in [6, 6.07) is 14.8. The fourth-order valence-corrected chi connectivity index (χ4v) is 3.44. The Morgan fingerprint density at radius 3 is 2.73 bits per heavy atom. The molecule has 30 heavy (non-hydrogen) atoms. The van der Waals surface area contributed by atoms with E-state index in [1.807, 2.05) is 6.07 Å².